The average molecular weight is 311 g/mol. The highest BCUT2D eigenvalue weighted by Crippen LogP contribution is 2.23. The Hall–Kier alpha value is -1.11. The number of benzene rings is 1. The van der Waals surface area contributed by atoms with E-state index in [4.69, 9.17) is 0 Å². The number of sulfonamides is 1. The molecule has 1 aliphatic rings. The van der Waals surface area contributed by atoms with Crippen molar-refractivity contribution in [2.24, 2.45) is 5.92 Å². The maximum absolute atomic E-state index is 12.0. The van der Waals surface area contributed by atoms with Crippen LogP contribution in [-0.2, 0) is 10.0 Å². The van der Waals surface area contributed by atoms with Crippen LogP contribution in [0.4, 0.5) is 5.69 Å². The predicted molar refractivity (Wildman–Crippen MR) is 86.0 cm³/mol. The zero-order valence-corrected chi connectivity index (χ0v) is 13.8. The molecule has 1 saturated heterocycles. The number of para-hydroxylation sites is 1. The van der Waals surface area contributed by atoms with Crippen LogP contribution in [0.25, 0.3) is 0 Å². The summed E-state index contributed by atoms with van der Waals surface area (Å²) in [6, 6.07) is 7.62. The van der Waals surface area contributed by atoms with E-state index < -0.39 is 10.0 Å². The lowest BCUT2D eigenvalue weighted by Gasteiger charge is -2.20. The zero-order valence-electron chi connectivity index (χ0n) is 13.0. The first kappa shape index (κ1) is 16.3. The van der Waals surface area contributed by atoms with Gasteiger partial charge in [0.2, 0.25) is 10.0 Å². The summed E-state index contributed by atoms with van der Waals surface area (Å²) in [7, 11) is -1.99. The van der Waals surface area contributed by atoms with E-state index in [9.17, 15) is 8.42 Å². The molecular formula is C15H25N3O2S. The van der Waals surface area contributed by atoms with Crippen molar-refractivity contribution in [3.8, 4) is 0 Å². The van der Waals surface area contributed by atoms with Gasteiger partial charge in [0.15, 0.2) is 0 Å². The van der Waals surface area contributed by atoms with E-state index >= 15 is 0 Å². The standard InChI is InChI=1S/C15H25N3O2S/c1-12(2)18-9-8-13(11-18)10-17-14-6-4-5-7-15(14)21(19,20)16-3/h4-7,12-13,16-17H,8-11H2,1-3H3. The SMILES string of the molecule is CNS(=O)(=O)c1ccccc1NCC1CCN(C(C)C)C1. The fourth-order valence-corrected chi connectivity index (χ4v) is 3.62. The largest absolute Gasteiger partial charge is 0.384 e. The van der Waals surface area contributed by atoms with Gasteiger partial charge in [0.1, 0.15) is 4.90 Å². The second-order valence-electron chi connectivity index (χ2n) is 5.83. The van der Waals surface area contributed by atoms with E-state index in [2.05, 4.69) is 28.8 Å². The lowest BCUT2D eigenvalue weighted by atomic mass is 10.1. The van der Waals surface area contributed by atoms with Crippen molar-refractivity contribution in [3.05, 3.63) is 24.3 Å². The highest BCUT2D eigenvalue weighted by atomic mass is 32.2. The molecular weight excluding hydrogens is 286 g/mol. The maximum Gasteiger partial charge on any atom is 0.242 e. The van der Waals surface area contributed by atoms with Gasteiger partial charge in [0, 0.05) is 19.1 Å². The molecule has 21 heavy (non-hydrogen) atoms. The van der Waals surface area contributed by atoms with Crippen molar-refractivity contribution in [3.63, 3.8) is 0 Å². The Balaban J connectivity index is 2.02. The summed E-state index contributed by atoms with van der Waals surface area (Å²) < 4.78 is 26.4. The van der Waals surface area contributed by atoms with Gasteiger partial charge in [0.25, 0.3) is 0 Å². The average Bonchev–Trinajstić information content (AvgIpc) is 2.94. The summed E-state index contributed by atoms with van der Waals surface area (Å²) >= 11 is 0. The number of hydrogen-bond acceptors (Lipinski definition) is 4. The van der Waals surface area contributed by atoms with Gasteiger partial charge in [-0.25, -0.2) is 13.1 Å². The number of rotatable bonds is 6. The molecule has 0 radical (unpaired) electrons. The van der Waals surface area contributed by atoms with Crippen molar-refractivity contribution in [2.45, 2.75) is 31.2 Å². The molecule has 1 aliphatic heterocycles. The summed E-state index contributed by atoms with van der Waals surface area (Å²) in [5.41, 5.74) is 0.676. The van der Waals surface area contributed by atoms with E-state index in [1.165, 1.54) is 7.05 Å². The Bertz CT molecular complexity index is 572. The van der Waals surface area contributed by atoms with E-state index in [-0.39, 0.29) is 0 Å². The number of nitrogens with one attached hydrogen (secondary N) is 2. The molecule has 1 fully saturated rings. The van der Waals surface area contributed by atoms with Crippen LogP contribution < -0.4 is 10.0 Å². The van der Waals surface area contributed by atoms with Crippen LogP contribution >= 0.6 is 0 Å². The van der Waals surface area contributed by atoms with Gasteiger partial charge in [-0.15, -0.1) is 0 Å². The van der Waals surface area contributed by atoms with Crippen molar-refractivity contribution in [1.82, 2.24) is 9.62 Å². The molecule has 1 aromatic carbocycles. The van der Waals surface area contributed by atoms with Gasteiger partial charge < -0.3 is 10.2 Å². The fourth-order valence-electron chi connectivity index (χ4n) is 2.71. The normalized spacial score (nSPS) is 20.1. The predicted octanol–water partition coefficient (Wildman–Crippen LogP) is 1.74. The van der Waals surface area contributed by atoms with Crippen LogP contribution in [0.15, 0.2) is 29.2 Å². The van der Waals surface area contributed by atoms with Crippen LogP contribution in [0.2, 0.25) is 0 Å². The third kappa shape index (κ3) is 3.96. The van der Waals surface area contributed by atoms with Gasteiger partial charge in [-0.3, -0.25) is 0 Å². The van der Waals surface area contributed by atoms with Gasteiger partial charge >= 0.3 is 0 Å². The Labute approximate surface area is 127 Å². The molecule has 0 aliphatic carbocycles. The maximum atomic E-state index is 12.0. The zero-order chi connectivity index (χ0) is 15.5. The number of anilines is 1. The second-order valence-corrected chi connectivity index (χ2v) is 7.68. The minimum absolute atomic E-state index is 0.311. The Morgan fingerprint density at radius 1 is 1.33 bits per heavy atom. The molecule has 0 aromatic heterocycles. The molecule has 1 heterocycles. The molecule has 0 saturated carbocycles. The minimum atomic E-state index is -3.42. The summed E-state index contributed by atoms with van der Waals surface area (Å²) in [5.74, 6) is 0.567. The number of likely N-dealkylation sites (tertiary alicyclic amines) is 1. The monoisotopic (exact) mass is 311 g/mol. The third-order valence-corrected chi connectivity index (χ3v) is 5.55. The van der Waals surface area contributed by atoms with Crippen LogP contribution in [0, 0.1) is 5.92 Å². The lowest BCUT2D eigenvalue weighted by Crippen LogP contribution is -2.29. The van der Waals surface area contributed by atoms with Crippen LogP contribution in [0.1, 0.15) is 20.3 Å². The van der Waals surface area contributed by atoms with Crippen molar-refractivity contribution >= 4 is 15.7 Å². The van der Waals surface area contributed by atoms with E-state index in [0.29, 0.717) is 22.5 Å². The van der Waals surface area contributed by atoms with Crippen LogP contribution in [0.5, 0.6) is 0 Å². The smallest absolute Gasteiger partial charge is 0.242 e. The molecule has 0 spiro atoms. The molecule has 1 aromatic rings. The van der Waals surface area contributed by atoms with Gasteiger partial charge in [-0.2, -0.15) is 0 Å². The number of hydrogen-bond donors (Lipinski definition) is 2. The first-order valence-corrected chi connectivity index (χ1v) is 8.93. The van der Waals surface area contributed by atoms with Crippen LogP contribution in [-0.4, -0.2) is 46.0 Å². The molecule has 5 nitrogen and oxygen atoms in total. The Kier molecular flexibility index (Phi) is 5.24. The number of nitrogens with zero attached hydrogens (tertiary/aromatic N) is 1. The van der Waals surface area contributed by atoms with Crippen molar-refractivity contribution < 1.29 is 8.42 Å². The Morgan fingerprint density at radius 3 is 2.67 bits per heavy atom. The summed E-state index contributed by atoms with van der Waals surface area (Å²) in [4.78, 5) is 2.77. The van der Waals surface area contributed by atoms with Gasteiger partial charge in [-0.05, 0) is 51.9 Å². The third-order valence-electron chi connectivity index (χ3n) is 4.07. The molecule has 118 valence electrons. The van der Waals surface area contributed by atoms with E-state index in [1.807, 2.05) is 12.1 Å². The first-order chi connectivity index (χ1) is 9.94. The molecule has 0 amide bonds. The van der Waals surface area contributed by atoms with E-state index in [1.54, 1.807) is 12.1 Å². The minimum Gasteiger partial charge on any atom is -0.384 e. The molecule has 6 heteroatoms. The fraction of sp³-hybridized carbons (Fsp3) is 0.600. The molecule has 1 unspecified atom stereocenters. The molecule has 0 bridgehead atoms. The summed E-state index contributed by atoms with van der Waals surface area (Å²) in [6.07, 6.45) is 1.16. The van der Waals surface area contributed by atoms with Gasteiger partial charge in [-0.1, -0.05) is 12.1 Å². The first-order valence-electron chi connectivity index (χ1n) is 7.44. The summed E-state index contributed by atoms with van der Waals surface area (Å²) in [6.45, 7) is 7.43. The highest BCUT2D eigenvalue weighted by Gasteiger charge is 2.24. The van der Waals surface area contributed by atoms with Crippen molar-refractivity contribution in [2.75, 3.05) is 32.0 Å². The molecule has 2 N–H and O–H groups in total. The topological polar surface area (TPSA) is 61.4 Å². The molecule has 1 atom stereocenters. The van der Waals surface area contributed by atoms with Crippen molar-refractivity contribution in [1.29, 1.82) is 0 Å². The quantitative estimate of drug-likeness (QED) is 0.840. The van der Waals surface area contributed by atoms with E-state index in [0.717, 1.165) is 26.1 Å². The Morgan fingerprint density at radius 2 is 2.05 bits per heavy atom. The van der Waals surface area contributed by atoms with Gasteiger partial charge in [0.05, 0.1) is 5.69 Å². The molecule has 2 rings (SSSR count). The second kappa shape index (κ2) is 6.77. The lowest BCUT2D eigenvalue weighted by molar-refractivity contribution is 0.266. The summed E-state index contributed by atoms with van der Waals surface area (Å²) in [5, 5.41) is 3.31. The van der Waals surface area contributed by atoms with Crippen LogP contribution in [0.3, 0.4) is 0 Å². The highest BCUT2D eigenvalue weighted by molar-refractivity contribution is 7.89.